The molecule has 1 aliphatic carbocycles. The molecule has 3 aromatic heterocycles. The molecular formula is C23H25N5O4S2. The molecule has 0 saturated carbocycles. The van der Waals surface area contributed by atoms with Gasteiger partial charge < -0.3 is 15.0 Å². The van der Waals surface area contributed by atoms with Crippen molar-refractivity contribution in [3.05, 3.63) is 52.3 Å². The van der Waals surface area contributed by atoms with Crippen LogP contribution in [-0.2, 0) is 35.8 Å². The van der Waals surface area contributed by atoms with Crippen LogP contribution in [0.15, 0.2) is 34.8 Å². The van der Waals surface area contributed by atoms with Crippen LogP contribution in [0, 0.1) is 0 Å². The van der Waals surface area contributed by atoms with E-state index in [-0.39, 0.29) is 4.21 Å². The predicted octanol–water partition coefficient (Wildman–Crippen LogP) is 3.20. The number of hydrogen-bond acceptors (Lipinski definition) is 8. The second-order valence-corrected chi connectivity index (χ2v) is 11.5. The molecule has 0 radical (unpaired) electrons. The second-order valence-electron chi connectivity index (χ2n) is 8.47. The van der Waals surface area contributed by atoms with Gasteiger partial charge in [-0.3, -0.25) is 4.98 Å². The molecule has 0 saturated heterocycles. The molecule has 5 rings (SSSR count). The van der Waals surface area contributed by atoms with Crippen LogP contribution in [0.2, 0.25) is 0 Å². The summed E-state index contributed by atoms with van der Waals surface area (Å²) in [6.45, 7) is 1.59. The molecule has 0 unspecified atom stereocenters. The zero-order chi connectivity index (χ0) is 23.9. The number of pyridine rings is 2. The van der Waals surface area contributed by atoms with Crippen molar-refractivity contribution in [2.45, 2.75) is 36.4 Å². The third-order valence-electron chi connectivity index (χ3n) is 6.13. The van der Waals surface area contributed by atoms with E-state index in [1.807, 2.05) is 7.05 Å². The first-order valence-corrected chi connectivity index (χ1v) is 13.3. The number of sulfonamides is 1. The standard InChI is InChI=1S/C23H25N5O4S2/c1-28-9-7-19-15(13-28)11-21(33-19)34(30,31)27-23(29)26-22-16-4-3-5-18(16)25-12-17(22)14-6-8-24-20(10-14)32-2/h6,8,10-12H,3-5,7,9,13H2,1-2H3,(H2,25,26,27,29). The highest BCUT2D eigenvalue weighted by Gasteiger charge is 2.27. The number of carbonyl (C=O) groups is 1. The summed E-state index contributed by atoms with van der Waals surface area (Å²) in [5, 5.41) is 2.81. The number of hydrogen-bond donors (Lipinski definition) is 2. The van der Waals surface area contributed by atoms with Crippen molar-refractivity contribution in [3.8, 4) is 17.0 Å². The van der Waals surface area contributed by atoms with Crippen molar-refractivity contribution < 1.29 is 17.9 Å². The maximum atomic E-state index is 13.0. The predicted molar refractivity (Wildman–Crippen MR) is 130 cm³/mol. The van der Waals surface area contributed by atoms with E-state index in [2.05, 4.69) is 24.9 Å². The molecule has 0 fully saturated rings. The van der Waals surface area contributed by atoms with Crippen molar-refractivity contribution in [1.82, 2.24) is 19.6 Å². The number of carbonyl (C=O) groups excluding carboxylic acids is 1. The van der Waals surface area contributed by atoms with Gasteiger partial charge in [0, 0.05) is 47.7 Å². The van der Waals surface area contributed by atoms with E-state index in [0.29, 0.717) is 23.7 Å². The number of amides is 2. The number of aryl methyl sites for hydroxylation is 1. The fraction of sp³-hybridized carbons (Fsp3) is 0.348. The van der Waals surface area contributed by atoms with Crippen molar-refractivity contribution >= 4 is 33.1 Å². The summed E-state index contributed by atoms with van der Waals surface area (Å²) in [6.07, 6.45) is 6.62. The number of thiophene rings is 1. The van der Waals surface area contributed by atoms with Gasteiger partial charge in [0.05, 0.1) is 12.8 Å². The Kier molecular flexibility index (Phi) is 6.00. The van der Waals surface area contributed by atoms with Crippen LogP contribution in [0.1, 0.15) is 28.1 Å². The van der Waals surface area contributed by atoms with Gasteiger partial charge in [0.15, 0.2) is 0 Å². The summed E-state index contributed by atoms with van der Waals surface area (Å²) in [4.78, 5) is 24.8. The third-order valence-corrected chi connectivity index (χ3v) is 9.17. The van der Waals surface area contributed by atoms with Crippen molar-refractivity contribution in [2.24, 2.45) is 0 Å². The summed E-state index contributed by atoms with van der Waals surface area (Å²) in [7, 11) is -0.465. The van der Waals surface area contributed by atoms with Crippen molar-refractivity contribution in [1.29, 1.82) is 0 Å². The van der Waals surface area contributed by atoms with Gasteiger partial charge in [-0.25, -0.2) is 22.9 Å². The lowest BCUT2D eigenvalue weighted by Crippen LogP contribution is -2.34. The molecule has 0 spiro atoms. The van der Waals surface area contributed by atoms with Crippen LogP contribution in [0.4, 0.5) is 10.5 Å². The molecule has 1 aliphatic heterocycles. The largest absolute Gasteiger partial charge is 0.481 e. The third kappa shape index (κ3) is 4.38. The van der Waals surface area contributed by atoms with Gasteiger partial charge in [-0.15, -0.1) is 11.3 Å². The number of nitrogens with one attached hydrogen (secondary N) is 2. The van der Waals surface area contributed by atoms with Crippen molar-refractivity contribution in [3.63, 3.8) is 0 Å². The van der Waals surface area contributed by atoms with Gasteiger partial charge in [-0.1, -0.05) is 0 Å². The first-order valence-electron chi connectivity index (χ1n) is 11.0. The molecule has 0 bridgehead atoms. The zero-order valence-electron chi connectivity index (χ0n) is 18.9. The molecule has 11 heteroatoms. The molecule has 178 valence electrons. The summed E-state index contributed by atoms with van der Waals surface area (Å²) in [5.74, 6) is 0.434. The SMILES string of the molecule is COc1cc(-c2cnc3c(c2NC(=O)NS(=O)(=O)c2cc4c(s2)CCN(C)C4)CCC3)ccn1. The monoisotopic (exact) mass is 499 g/mol. The van der Waals surface area contributed by atoms with E-state index < -0.39 is 16.1 Å². The molecule has 0 atom stereocenters. The van der Waals surface area contributed by atoms with Crippen LogP contribution in [0.3, 0.4) is 0 Å². The Morgan fingerprint density at radius 3 is 2.88 bits per heavy atom. The summed E-state index contributed by atoms with van der Waals surface area (Å²) in [5.41, 5.74) is 4.86. The highest BCUT2D eigenvalue weighted by atomic mass is 32.2. The topological polar surface area (TPSA) is 114 Å². The Morgan fingerprint density at radius 1 is 1.21 bits per heavy atom. The number of methoxy groups -OCH3 is 1. The van der Waals surface area contributed by atoms with E-state index in [1.54, 1.807) is 30.6 Å². The summed E-state index contributed by atoms with van der Waals surface area (Å²) < 4.78 is 33.6. The van der Waals surface area contributed by atoms with Crippen molar-refractivity contribution in [2.75, 3.05) is 26.0 Å². The van der Waals surface area contributed by atoms with Crippen LogP contribution in [0.5, 0.6) is 5.88 Å². The number of ether oxygens (including phenoxy) is 1. The minimum atomic E-state index is -4.00. The Morgan fingerprint density at radius 2 is 2.06 bits per heavy atom. The van der Waals surface area contributed by atoms with E-state index in [1.165, 1.54) is 18.4 Å². The fourth-order valence-corrected chi connectivity index (χ4v) is 6.90. The van der Waals surface area contributed by atoms with E-state index in [4.69, 9.17) is 4.74 Å². The first-order chi connectivity index (χ1) is 16.3. The number of nitrogens with zero attached hydrogens (tertiary/aromatic N) is 3. The zero-order valence-corrected chi connectivity index (χ0v) is 20.6. The van der Waals surface area contributed by atoms with Crippen LogP contribution in [0.25, 0.3) is 11.1 Å². The Hall–Kier alpha value is -3.02. The van der Waals surface area contributed by atoms with E-state index in [9.17, 15) is 13.2 Å². The summed E-state index contributed by atoms with van der Waals surface area (Å²) in [6, 6.07) is 4.43. The van der Waals surface area contributed by atoms with Gasteiger partial charge in [-0.05, 0) is 61.6 Å². The number of rotatable bonds is 5. The smallest absolute Gasteiger partial charge is 0.333 e. The molecular weight excluding hydrogens is 474 g/mol. The Balaban J connectivity index is 1.43. The highest BCUT2D eigenvalue weighted by molar-refractivity contribution is 7.92. The van der Waals surface area contributed by atoms with E-state index >= 15 is 0 Å². The fourth-order valence-electron chi connectivity index (χ4n) is 4.45. The van der Waals surface area contributed by atoms with E-state index in [0.717, 1.165) is 59.5 Å². The summed E-state index contributed by atoms with van der Waals surface area (Å²) >= 11 is 1.23. The Labute approximate surface area is 202 Å². The Bertz CT molecular complexity index is 1370. The van der Waals surface area contributed by atoms with Gasteiger partial charge >= 0.3 is 6.03 Å². The molecule has 4 heterocycles. The highest BCUT2D eigenvalue weighted by Crippen LogP contribution is 2.37. The minimum Gasteiger partial charge on any atom is -0.481 e. The molecule has 2 N–H and O–H groups in total. The van der Waals surface area contributed by atoms with Gasteiger partial charge in [0.2, 0.25) is 5.88 Å². The number of urea groups is 1. The number of anilines is 1. The lowest BCUT2D eigenvalue weighted by molar-refractivity contribution is 0.256. The normalized spacial score (nSPS) is 15.5. The number of likely N-dealkylation sites (N-methyl/N-ethyl adjacent to an activating group) is 1. The van der Waals surface area contributed by atoms with Crippen LogP contribution < -0.4 is 14.8 Å². The second kappa shape index (κ2) is 8.97. The molecule has 2 aliphatic rings. The maximum Gasteiger partial charge on any atom is 0.333 e. The molecule has 0 aromatic carbocycles. The van der Waals surface area contributed by atoms with Gasteiger partial charge in [0.25, 0.3) is 10.0 Å². The number of aromatic nitrogens is 2. The maximum absolute atomic E-state index is 13.0. The quantitative estimate of drug-likeness (QED) is 0.554. The minimum absolute atomic E-state index is 0.155. The molecule has 2 amide bonds. The average molecular weight is 500 g/mol. The number of fused-ring (bicyclic) bond motifs is 2. The lowest BCUT2D eigenvalue weighted by atomic mass is 10.0. The lowest BCUT2D eigenvalue weighted by Gasteiger charge is -2.21. The van der Waals surface area contributed by atoms with Crippen LogP contribution >= 0.6 is 11.3 Å². The van der Waals surface area contributed by atoms with Gasteiger partial charge in [0.1, 0.15) is 4.21 Å². The van der Waals surface area contributed by atoms with Gasteiger partial charge in [-0.2, -0.15) is 0 Å². The first kappa shape index (κ1) is 22.8. The molecule has 3 aromatic rings. The molecule has 34 heavy (non-hydrogen) atoms. The molecule has 9 nitrogen and oxygen atoms in total. The van der Waals surface area contributed by atoms with Crippen LogP contribution in [-0.4, -0.2) is 50.0 Å². The average Bonchev–Trinajstić information content (AvgIpc) is 3.46.